The first kappa shape index (κ1) is 56.6. The second-order valence-corrected chi connectivity index (χ2v) is 16.8. The van der Waals surface area contributed by atoms with Gasteiger partial charge in [0.15, 0.2) is 6.10 Å². The number of allylic oxidation sites excluding steroid dienone is 14. The van der Waals surface area contributed by atoms with Crippen molar-refractivity contribution in [3.63, 3.8) is 0 Å². The van der Waals surface area contributed by atoms with Crippen LogP contribution < -0.4 is 4.89 Å². The van der Waals surface area contributed by atoms with Crippen LogP contribution in [0.3, 0.4) is 0 Å². The zero-order chi connectivity index (χ0) is 44.6. The number of carbonyl (C=O) groups excluding carboxylic acids is 2. The summed E-state index contributed by atoms with van der Waals surface area (Å²) < 4.78 is 33.7. The van der Waals surface area contributed by atoms with E-state index in [1.54, 1.807) is 36.5 Å². The van der Waals surface area contributed by atoms with Crippen LogP contribution in [-0.2, 0) is 32.7 Å². The quantitative estimate of drug-likeness (QED) is 0.0154. The molecule has 0 aliphatic carbocycles. The van der Waals surface area contributed by atoms with Crippen molar-refractivity contribution < 1.29 is 52.3 Å². The molecule has 0 aliphatic rings. The van der Waals surface area contributed by atoms with Crippen LogP contribution in [0.1, 0.15) is 117 Å². The molecule has 0 saturated heterocycles. The number of unbranched alkanes of at least 4 members (excludes halogenated alkanes) is 5. The summed E-state index contributed by atoms with van der Waals surface area (Å²) in [5, 5.41) is 20.0. The van der Waals surface area contributed by atoms with Crippen molar-refractivity contribution in [3.8, 4) is 0 Å². The largest absolute Gasteiger partial charge is 0.756 e. The lowest BCUT2D eigenvalue weighted by Gasteiger charge is -2.28. The normalized spacial score (nSPS) is 15.7. The molecule has 0 aromatic rings. The van der Waals surface area contributed by atoms with Gasteiger partial charge in [0.2, 0.25) is 0 Å². The number of rotatable bonds is 37. The number of ether oxygens (including phenoxy) is 2. The number of carbonyl (C=O) groups is 2. The van der Waals surface area contributed by atoms with Crippen molar-refractivity contribution in [3.05, 3.63) is 109 Å². The summed E-state index contributed by atoms with van der Waals surface area (Å²) in [5.41, 5.74) is 0. The van der Waals surface area contributed by atoms with E-state index < -0.39 is 44.7 Å². The molecule has 0 fully saturated rings. The van der Waals surface area contributed by atoms with Crippen LogP contribution in [0.2, 0.25) is 0 Å². The molecule has 1 unspecified atom stereocenters. The molecule has 0 aromatic heterocycles. The van der Waals surface area contributed by atoms with Gasteiger partial charge >= 0.3 is 11.9 Å². The standard InChI is InChI=1S/C48H78NO10P/c1-6-8-10-11-12-13-14-15-16-17-18-19-20-25-33-39-48(53)59-46(43-58-60(54,55)57-41-40-49(3,4)5)42-56-47(52)38-32-24-22-21-23-29-35-45(51)37-31-27-26-30-36-44(50)34-28-9-7-2/h9,12-13,15-16,18-19,22-24,26-31,36-37,44-46,50-51H,6-8,10-11,14,17,20-21,25,32-35,38-43H2,1-5H3/b13-12-,16-15-,19-18-,24-22-,27-26-,28-9-,29-23-,36-30+,37-31+/t44-,45+,46-/m1/s1. The topological polar surface area (TPSA) is 152 Å². The van der Waals surface area contributed by atoms with Crippen LogP contribution in [0.25, 0.3) is 0 Å². The Morgan fingerprint density at radius 2 is 1.17 bits per heavy atom. The molecule has 0 saturated carbocycles. The van der Waals surface area contributed by atoms with Gasteiger partial charge in [0.1, 0.15) is 19.8 Å². The molecule has 0 bridgehead atoms. The van der Waals surface area contributed by atoms with Gasteiger partial charge in [-0.3, -0.25) is 14.2 Å². The zero-order valence-corrected chi connectivity index (χ0v) is 38.2. The van der Waals surface area contributed by atoms with Crippen molar-refractivity contribution >= 4 is 19.8 Å². The lowest BCUT2D eigenvalue weighted by molar-refractivity contribution is -0.870. The van der Waals surface area contributed by atoms with Gasteiger partial charge in [0.05, 0.1) is 40.0 Å². The Hall–Kier alpha value is -3.41. The van der Waals surface area contributed by atoms with E-state index in [0.29, 0.717) is 43.1 Å². The van der Waals surface area contributed by atoms with Gasteiger partial charge in [0.25, 0.3) is 7.82 Å². The molecule has 340 valence electrons. The van der Waals surface area contributed by atoms with Crippen LogP contribution >= 0.6 is 7.82 Å². The predicted octanol–water partition coefficient (Wildman–Crippen LogP) is 9.66. The summed E-state index contributed by atoms with van der Waals surface area (Å²) in [7, 11) is 1.02. The van der Waals surface area contributed by atoms with Gasteiger partial charge in [-0.1, -0.05) is 136 Å². The molecule has 2 N–H and O–H groups in total. The Balaban J connectivity index is 4.68. The maximum atomic E-state index is 12.6. The lowest BCUT2D eigenvalue weighted by atomic mass is 10.1. The Labute approximate surface area is 362 Å². The Morgan fingerprint density at radius 1 is 0.633 bits per heavy atom. The SMILES string of the molecule is CC/C=C\C[C@@H](O)/C=C/C=C\C=C\[C@@H](O)C/C=C\C/C=C\CCC(=O)OC[C@H](COP(=O)([O-])OCC[N+](C)(C)C)OC(=O)CCCC/C=C\C/C=C\C/C=C\CCCCC. The highest BCUT2D eigenvalue weighted by Crippen LogP contribution is 2.38. The van der Waals surface area contributed by atoms with Crippen LogP contribution in [0.15, 0.2) is 109 Å². The monoisotopic (exact) mass is 860 g/mol. The highest BCUT2D eigenvalue weighted by Gasteiger charge is 2.21. The van der Waals surface area contributed by atoms with E-state index in [1.807, 2.05) is 64.5 Å². The molecular weight excluding hydrogens is 781 g/mol. The van der Waals surface area contributed by atoms with Crippen LogP contribution in [0, 0.1) is 0 Å². The molecule has 0 aliphatic heterocycles. The molecule has 0 spiro atoms. The molecule has 0 amide bonds. The number of phosphoric acid groups is 1. The van der Waals surface area contributed by atoms with Gasteiger partial charge in [0, 0.05) is 12.8 Å². The fraction of sp³-hybridized carbons (Fsp3) is 0.583. The highest BCUT2D eigenvalue weighted by molar-refractivity contribution is 7.45. The zero-order valence-electron chi connectivity index (χ0n) is 37.3. The van der Waals surface area contributed by atoms with Crippen LogP contribution in [0.5, 0.6) is 0 Å². The maximum Gasteiger partial charge on any atom is 0.306 e. The van der Waals surface area contributed by atoms with Crippen LogP contribution in [0.4, 0.5) is 0 Å². The van der Waals surface area contributed by atoms with Crippen LogP contribution in [-0.4, -0.2) is 92.5 Å². The summed E-state index contributed by atoms with van der Waals surface area (Å²) in [6.45, 7) is 3.72. The van der Waals surface area contributed by atoms with Gasteiger partial charge in [-0.15, -0.1) is 0 Å². The highest BCUT2D eigenvalue weighted by atomic mass is 31.2. The maximum absolute atomic E-state index is 12.6. The number of quaternary nitrogens is 1. The predicted molar refractivity (Wildman–Crippen MR) is 243 cm³/mol. The third kappa shape index (κ3) is 41.3. The minimum absolute atomic E-state index is 0.0742. The first-order valence-corrected chi connectivity index (χ1v) is 23.3. The number of hydrogen-bond donors (Lipinski definition) is 2. The minimum Gasteiger partial charge on any atom is -0.756 e. The van der Waals surface area contributed by atoms with Gasteiger partial charge in [-0.05, 0) is 77.0 Å². The smallest absolute Gasteiger partial charge is 0.306 e. The Morgan fingerprint density at radius 3 is 1.73 bits per heavy atom. The molecule has 0 rings (SSSR count). The van der Waals surface area contributed by atoms with Gasteiger partial charge in [-0.2, -0.15) is 0 Å². The molecule has 0 aromatic carbocycles. The van der Waals surface area contributed by atoms with Gasteiger partial charge < -0.3 is 38.1 Å². The molecule has 11 nitrogen and oxygen atoms in total. The van der Waals surface area contributed by atoms with Gasteiger partial charge in [-0.25, -0.2) is 0 Å². The molecule has 60 heavy (non-hydrogen) atoms. The molecule has 0 heterocycles. The van der Waals surface area contributed by atoms with E-state index >= 15 is 0 Å². The average Bonchev–Trinajstić information content (AvgIpc) is 3.19. The molecule has 0 radical (unpaired) electrons. The number of aliphatic hydroxyl groups excluding tert-OH is 2. The number of aliphatic hydroxyl groups is 2. The molecule has 4 atom stereocenters. The second-order valence-electron chi connectivity index (χ2n) is 15.4. The Bertz CT molecular complexity index is 1420. The average molecular weight is 860 g/mol. The number of phosphoric ester groups is 1. The summed E-state index contributed by atoms with van der Waals surface area (Å²) in [5.74, 6) is -1.06. The third-order valence-corrected chi connectivity index (χ3v) is 9.42. The summed E-state index contributed by atoms with van der Waals surface area (Å²) in [4.78, 5) is 37.5. The minimum atomic E-state index is -4.68. The van der Waals surface area contributed by atoms with Crippen molar-refractivity contribution in [2.75, 3.05) is 47.5 Å². The molecule has 12 heteroatoms. The van der Waals surface area contributed by atoms with Crippen molar-refractivity contribution in [1.29, 1.82) is 0 Å². The van der Waals surface area contributed by atoms with Crippen molar-refractivity contribution in [2.45, 2.75) is 135 Å². The second kappa shape index (κ2) is 38.5. The van der Waals surface area contributed by atoms with E-state index in [2.05, 4.69) is 43.4 Å². The number of likely N-dealkylation sites (N-methyl/N-ethyl adjacent to an activating group) is 1. The Kier molecular flexibility index (Phi) is 36.3. The van der Waals surface area contributed by atoms with E-state index in [9.17, 15) is 29.3 Å². The number of hydrogen-bond acceptors (Lipinski definition) is 10. The number of nitrogens with zero attached hydrogens (tertiary/aromatic N) is 1. The van der Waals surface area contributed by atoms with E-state index in [-0.39, 0.29) is 26.1 Å². The first-order chi connectivity index (χ1) is 28.8. The third-order valence-electron chi connectivity index (χ3n) is 8.46. The van der Waals surface area contributed by atoms with E-state index in [4.69, 9.17) is 18.5 Å². The number of esters is 2. The summed E-state index contributed by atoms with van der Waals surface area (Å²) in [6.07, 6.45) is 44.9. The van der Waals surface area contributed by atoms with Crippen molar-refractivity contribution in [1.82, 2.24) is 0 Å². The lowest BCUT2D eigenvalue weighted by Crippen LogP contribution is -2.37. The van der Waals surface area contributed by atoms with Crippen molar-refractivity contribution in [2.24, 2.45) is 0 Å². The first-order valence-electron chi connectivity index (χ1n) is 21.8. The summed E-state index contributed by atoms with van der Waals surface area (Å²) >= 11 is 0. The summed E-state index contributed by atoms with van der Waals surface area (Å²) in [6, 6.07) is 0. The fourth-order valence-electron chi connectivity index (χ4n) is 4.98. The fourth-order valence-corrected chi connectivity index (χ4v) is 5.71. The van der Waals surface area contributed by atoms with E-state index in [1.165, 1.54) is 19.3 Å². The van der Waals surface area contributed by atoms with E-state index in [0.717, 1.165) is 38.5 Å². The molecular formula is C48H78NO10P.